The van der Waals surface area contributed by atoms with Gasteiger partial charge in [-0.15, -0.1) is 11.3 Å². The second kappa shape index (κ2) is 6.97. The van der Waals surface area contributed by atoms with Crippen LogP contribution in [0.2, 0.25) is 0 Å². The van der Waals surface area contributed by atoms with E-state index >= 15 is 0 Å². The van der Waals surface area contributed by atoms with E-state index in [-0.39, 0.29) is 17.8 Å². The van der Waals surface area contributed by atoms with E-state index in [1.54, 1.807) is 29.8 Å². The number of fused-ring (bicyclic) bond motifs is 1. The van der Waals surface area contributed by atoms with Gasteiger partial charge in [-0.05, 0) is 42.1 Å². The van der Waals surface area contributed by atoms with Crippen molar-refractivity contribution in [3.8, 4) is 0 Å². The molecule has 134 valence electrons. The first-order valence-corrected chi connectivity index (χ1v) is 9.23. The highest BCUT2D eigenvalue weighted by Gasteiger charge is 2.27. The fraction of sp³-hybridized carbons (Fsp3) is 0.278. The molecule has 3 aromatic rings. The number of piperazine rings is 1. The van der Waals surface area contributed by atoms with E-state index in [4.69, 9.17) is 0 Å². The number of aryl methyl sites for hydroxylation is 1. The molecule has 0 spiro atoms. The van der Waals surface area contributed by atoms with E-state index in [0.717, 1.165) is 28.1 Å². The largest absolute Gasteiger partial charge is 0.352 e. The summed E-state index contributed by atoms with van der Waals surface area (Å²) in [6, 6.07) is 5.38. The van der Waals surface area contributed by atoms with Crippen LogP contribution in [0.5, 0.6) is 0 Å². The molecule has 1 saturated heterocycles. The van der Waals surface area contributed by atoms with Crippen LogP contribution >= 0.6 is 11.3 Å². The number of carbonyl (C=O) groups is 1. The number of anilines is 2. The Morgan fingerprint density at radius 2 is 2.15 bits per heavy atom. The van der Waals surface area contributed by atoms with Crippen molar-refractivity contribution in [1.29, 1.82) is 0 Å². The van der Waals surface area contributed by atoms with Crippen molar-refractivity contribution in [2.24, 2.45) is 0 Å². The van der Waals surface area contributed by atoms with Gasteiger partial charge in [0.1, 0.15) is 24.0 Å². The first-order valence-electron chi connectivity index (χ1n) is 8.35. The smallest absolute Gasteiger partial charge is 0.243 e. The van der Waals surface area contributed by atoms with Gasteiger partial charge in [0, 0.05) is 25.3 Å². The Morgan fingerprint density at radius 1 is 1.35 bits per heavy atom. The molecule has 1 aromatic carbocycles. The number of nitrogens with zero attached hydrogens (tertiary/aromatic N) is 3. The molecule has 0 radical (unpaired) electrons. The van der Waals surface area contributed by atoms with Crippen molar-refractivity contribution < 1.29 is 9.18 Å². The summed E-state index contributed by atoms with van der Waals surface area (Å²) < 4.78 is 14.1. The number of halogens is 1. The van der Waals surface area contributed by atoms with Crippen LogP contribution < -0.4 is 15.5 Å². The molecule has 2 N–H and O–H groups in total. The molecular weight excluding hydrogens is 353 g/mol. The van der Waals surface area contributed by atoms with Crippen LogP contribution in [0.3, 0.4) is 0 Å². The van der Waals surface area contributed by atoms with Gasteiger partial charge in [0.15, 0.2) is 0 Å². The van der Waals surface area contributed by atoms with Gasteiger partial charge in [-0.3, -0.25) is 4.79 Å². The standard InChI is InChI=1S/C18H18FN5OS/c1-11-9-26-16-15(11)21-10-22-17(16)24-7-6-20-14(8-24)18(25)23-13-4-2-12(19)3-5-13/h2-5,9-10,14,20H,6-8H2,1H3,(H,23,25). The number of thiophene rings is 1. The number of hydrogen-bond acceptors (Lipinski definition) is 6. The predicted molar refractivity (Wildman–Crippen MR) is 101 cm³/mol. The molecule has 1 aliphatic rings. The summed E-state index contributed by atoms with van der Waals surface area (Å²) in [6.45, 7) is 3.99. The van der Waals surface area contributed by atoms with Gasteiger partial charge in [0.25, 0.3) is 0 Å². The third-order valence-corrected chi connectivity index (χ3v) is 5.50. The van der Waals surface area contributed by atoms with Crippen LogP contribution in [0.1, 0.15) is 5.56 Å². The van der Waals surface area contributed by atoms with Crippen molar-refractivity contribution in [3.05, 3.63) is 47.4 Å². The zero-order chi connectivity index (χ0) is 18.1. The highest BCUT2D eigenvalue weighted by atomic mass is 32.1. The minimum Gasteiger partial charge on any atom is -0.352 e. The van der Waals surface area contributed by atoms with Crippen LogP contribution in [0.15, 0.2) is 36.0 Å². The van der Waals surface area contributed by atoms with Gasteiger partial charge in [-0.2, -0.15) is 0 Å². The second-order valence-corrected chi connectivity index (χ2v) is 7.12. The van der Waals surface area contributed by atoms with Crippen LogP contribution in [0.25, 0.3) is 10.2 Å². The lowest BCUT2D eigenvalue weighted by atomic mass is 10.2. The van der Waals surface area contributed by atoms with E-state index in [2.05, 4.69) is 30.9 Å². The summed E-state index contributed by atoms with van der Waals surface area (Å²) in [6.07, 6.45) is 1.58. The number of amides is 1. The molecule has 2 aromatic heterocycles. The third-order valence-electron chi connectivity index (χ3n) is 4.42. The molecule has 3 heterocycles. The van der Waals surface area contributed by atoms with E-state index in [1.807, 2.05) is 6.92 Å². The molecule has 1 amide bonds. The first kappa shape index (κ1) is 16.9. The Hall–Kier alpha value is -2.58. The summed E-state index contributed by atoms with van der Waals surface area (Å²) in [4.78, 5) is 23.5. The normalized spacial score (nSPS) is 17.5. The Bertz CT molecular complexity index is 942. The number of aromatic nitrogens is 2. The predicted octanol–water partition coefficient (Wildman–Crippen LogP) is 2.56. The molecule has 1 atom stereocenters. The first-order chi connectivity index (χ1) is 12.6. The van der Waals surface area contributed by atoms with E-state index < -0.39 is 0 Å². The van der Waals surface area contributed by atoms with E-state index in [9.17, 15) is 9.18 Å². The van der Waals surface area contributed by atoms with Crippen LogP contribution in [-0.4, -0.2) is 41.6 Å². The summed E-state index contributed by atoms with van der Waals surface area (Å²) in [5, 5.41) is 8.14. The fourth-order valence-corrected chi connectivity index (χ4v) is 4.08. The van der Waals surface area contributed by atoms with Gasteiger partial charge in [-0.25, -0.2) is 14.4 Å². The summed E-state index contributed by atoms with van der Waals surface area (Å²) >= 11 is 1.62. The van der Waals surface area contributed by atoms with Crippen molar-refractivity contribution >= 4 is 39.0 Å². The topological polar surface area (TPSA) is 70.2 Å². The zero-order valence-corrected chi connectivity index (χ0v) is 15.0. The van der Waals surface area contributed by atoms with Crippen molar-refractivity contribution in [2.75, 3.05) is 29.9 Å². The Labute approximate surface area is 154 Å². The van der Waals surface area contributed by atoms with Crippen LogP contribution in [-0.2, 0) is 4.79 Å². The number of carbonyl (C=O) groups excluding carboxylic acids is 1. The van der Waals surface area contributed by atoms with E-state index in [1.165, 1.54) is 12.1 Å². The molecule has 1 fully saturated rings. The van der Waals surface area contributed by atoms with Crippen LogP contribution in [0.4, 0.5) is 15.9 Å². The van der Waals surface area contributed by atoms with E-state index in [0.29, 0.717) is 18.8 Å². The maximum atomic E-state index is 13.0. The van der Waals surface area contributed by atoms with Crippen molar-refractivity contribution in [2.45, 2.75) is 13.0 Å². The lowest BCUT2D eigenvalue weighted by Gasteiger charge is -2.33. The molecule has 26 heavy (non-hydrogen) atoms. The van der Waals surface area contributed by atoms with Crippen molar-refractivity contribution in [1.82, 2.24) is 15.3 Å². The maximum absolute atomic E-state index is 13.0. The number of hydrogen-bond donors (Lipinski definition) is 2. The number of benzene rings is 1. The van der Waals surface area contributed by atoms with Crippen LogP contribution in [0, 0.1) is 12.7 Å². The molecule has 0 bridgehead atoms. The second-order valence-electron chi connectivity index (χ2n) is 6.24. The molecule has 8 heteroatoms. The fourth-order valence-electron chi connectivity index (χ4n) is 3.06. The van der Waals surface area contributed by atoms with Crippen molar-refractivity contribution in [3.63, 3.8) is 0 Å². The molecular formula is C18H18FN5OS. The highest BCUT2D eigenvalue weighted by molar-refractivity contribution is 7.18. The molecule has 6 nitrogen and oxygen atoms in total. The number of rotatable bonds is 3. The molecule has 1 aliphatic heterocycles. The summed E-state index contributed by atoms with van der Waals surface area (Å²) in [7, 11) is 0. The zero-order valence-electron chi connectivity index (χ0n) is 14.2. The minimum absolute atomic E-state index is 0.144. The summed E-state index contributed by atoms with van der Waals surface area (Å²) in [5.74, 6) is 0.395. The minimum atomic E-state index is -0.375. The van der Waals surface area contributed by atoms with Gasteiger partial charge in [0.05, 0.1) is 10.2 Å². The Morgan fingerprint density at radius 3 is 2.96 bits per heavy atom. The Kier molecular flexibility index (Phi) is 4.52. The Balaban J connectivity index is 1.51. The van der Waals surface area contributed by atoms with Gasteiger partial charge in [-0.1, -0.05) is 0 Å². The van der Waals surface area contributed by atoms with Gasteiger partial charge < -0.3 is 15.5 Å². The monoisotopic (exact) mass is 371 g/mol. The molecule has 0 aliphatic carbocycles. The molecule has 4 rings (SSSR count). The van der Waals surface area contributed by atoms with Gasteiger partial charge >= 0.3 is 0 Å². The summed E-state index contributed by atoms with van der Waals surface area (Å²) in [5.41, 5.74) is 2.67. The maximum Gasteiger partial charge on any atom is 0.243 e. The quantitative estimate of drug-likeness (QED) is 0.741. The SMILES string of the molecule is Cc1csc2c(N3CCNC(C(=O)Nc4ccc(F)cc4)C3)ncnc12. The van der Waals surface area contributed by atoms with Gasteiger partial charge in [0.2, 0.25) is 5.91 Å². The third kappa shape index (κ3) is 3.25. The lowest BCUT2D eigenvalue weighted by Crippen LogP contribution is -2.56. The molecule has 0 saturated carbocycles. The average molecular weight is 371 g/mol. The average Bonchev–Trinajstić information content (AvgIpc) is 3.05. The number of nitrogens with one attached hydrogen (secondary N) is 2. The lowest BCUT2D eigenvalue weighted by molar-refractivity contribution is -0.118. The highest BCUT2D eigenvalue weighted by Crippen LogP contribution is 2.31. The molecule has 1 unspecified atom stereocenters.